The van der Waals surface area contributed by atoms with Gasteiger partial charge < -0.3 is 20.4 Å². The average molecular weight is 443 g/mol. The van der Waals surface area contributed by atoms with Crippen LogP contribution in [-0.4, -0.2) is 49.4 Å². The molecular formula is C27H30N4O2. The zero-order valence-electron chi connectivity index (χ0n) is 19.2. The molecule has 170 valence electrons. The van der Waals surface area contributed by atoms with Crippen molar-refractivity contribution in [1.82, 2.24) is 4.90 Å². The number of nitrogens with one attached hydrogen (secondary N) is 2. The van der Waals surface area contributed by atoms with Gasteiger partial charge >= 0.3 is 0 Å². The molecule has 1 heterocycles. The molecule has 1 saturated heterocycles. The van der Waals surface area contributed by atoms with Crippen molar-refractivity contribution in [1.29, 1.82) is 0 Å². The van der Waals surface area contributed by atoms with Gasteiger partial charge in [0.25, 0.3) is 11.8 Å². The van der Waals surface area contributed by atoms with Gasteiger partial charge in [-0.2, -0.15) is 0 Å². The average Bonchev–Trinajstić information content (AvgIpc) is 2.85. The summed E-state index contributed by atoms with van der Waals surface area (Å²) in [4.78, 5) is 30.5. The van der Waals surface area contributed by atoms with Gasteiger partial charge in [-0.25, -0.2) is 0 Å². The van der Waals surface area contributed by atoms with Crippen LogP contribution >= 0.6 is 0 Å². The molecule has 6 heteroatoms. The maximum Gasteiger partial charge on any atom is 0.257 e. The van der Waals surface area contributed by atoms with Gasteiger partial charge in [0.2, 0.25) is 0 Å². The first-order valence-electron chi connectivity index (χ1n) is 11.4. The van der Waals surface area contributed by atoms with Gasteiger partial charge in [0.15, 0.2) is 0 Å². The summed E-state index contributed by atoms with van der Waals surface area (Å²) in [5.74, 6) is -0.512. The maximum atomic E-state index is 13.0. The third-order valence-corrected chi connectivity index (χ3v) is 6.07. The lowest BCUT2D eigenvalue weighted by atomic mass is 10.1. The maximum absolute atomic E-state index is 13.0. The number of rotatable bonds is 6. The fraction of sp³-hybridized carbons (Fsp3) is 0.259. The molecule has 33 heavy (non-hydrogen) atoms. The van der Waals surface area contributed by atoms with Gasteiger partial charge in [-0.3, -0.25) is 9.59 Å². The van der Waals surface area contributed by atoms with E-state index in [2.05, 4.69) is 40.3 Å². The van der Waals surface area contributed by atoms with Crippen LogP contribution in [0.2, 0.25) is 0 Å². The number of carbonyl (C=O) groups is 2. The van der Waals surface area contributed by atoms with Gasteiger partial charge in [0.1, 0.15) is 0 Å². The first-order valence-corrected chi connectivity index (χ1v) is 11.4. The highest BCUT2D eigenvalue weighted by Crippen LogP contribution is 2.26. The lowest BCUT2D eigenvalue weighted by Crippen LogP contribution is -2.46. The largest absolute Gasteiger partial charge is 0.369 e. The number of benzene rings is 3. The molecule has 0 bridgehead atoms. The summed E-state index contributed by atoms with van der Waals surface area (Å²) in [5, 5.41) is 5.84. The van der Waals surface area contributed by atoms with E-state index < -0.39 is 0 Å². The molecule has 6 nitrogen and oxygen atoms in total. The zero-order valence-corrected chi connectivity index (χ0v) is 19.2. The van der Waals surface area contributed by atoms with Crippen LogP contribution in [0.5, 0.6) is 0 Å². The zero-order chi connectivity index (χ0) is 23.2. The van der Waals surface area contributed by atoms with E-state index in [1.807, 2.05) is 30.3 Å². The Morgan fingerprint density at radius 2 is 1.52 bits per heavy atom. The van der Waals surface area contributed by atoms with Crippen molar-refractivity contribution < 1.29 is 9.59 Å². The number of piperazine rings is 1. The van der Waals surface area contributed by atoms with Gasteiger partial charge in [-0.1, -0.05) is 37.3 Å². The van der Waals surface area contributed by atoms with E-state index >= 15 is 0 Å². The topological polar surface area (TPSA) is 64.7 Å². The van der Waals surface area contributed by atoms with Crippen LogP contribution in [-0.2, 0) is 0 Å². The molecule has 0 aromatic heterocycles. The smallest absolute Gasteiger partial charge is 0.257 e. The van der Waals surface area contributed by atoms with Crippen molar-refractivity contribution in [3.63, 3.8) is 0 Å². The summed E-state index contributed by atoms with van der Waals surface area (Å²) in [6.45, 7) is 9.52. The number of anilines is 3. The number of hydrogen-bond donors (Lipinski definition) is 2. The number of hydrogen-bond acceptors (Lipinski definition) is 4. The van der Waals surface area contributed by atoms with Crippen LogP contribution in [0.1, 0.15) is 33.2 Å². The lowest BCUT2D eigenvalue weighted by Gasteiger charge is -2.36. The lowest BCUT2D eigenvalue weighted by molar-refractivity contribution is 0.102. The van der Waals surface area contributed by atoms with Gasteiger partial charge in [-0.15, -0.1) is 0 Å². The molecule has 0 atom stereocenters. The molecule has 4 rings (SSSR count). The Bertz CT molecular complexity index is 1120. The molecule has 1 fully saturated rings. The number of amides is 2. The van der Waals surface area contributed by atoms with E-state index in [0.29, 0.717) is 16.8 Å². The van der Waals surface area contributed by atoms with Crippen LogP contribution in [0, 0.1) is 6.92 Å². The molecule has 0 unspecified atom stereocenters. The van der Waals surface area contributed by atoms with E-state index in [1.54, 1.807) is 36.4 Å². The second-order valence-electron chi connectivity index (χ2n) is 8.24. The Kier molecular flexibility index (Phi) is 7.05. The summed E-state index contributed by atoms with van der Waals surface area (Å²) >= 11 is 0. The Morgan fingerprint density at radius 3 is 2.21 bits per heavy atom. The van der Waals surface area contributed by atoms with Crippen molar-refractivity contribution in [3.05, 3.63) is 89.5 Å². The van der Waals surface area contributed by atoms with E-state index in [-0.39, 0.29) is 11.8 Å². The van der Waals surface area contributed by atoms with Crippen molar-refractivity contribution in [3.8, 4) is 0 Å². The number of para-hydroxylation sites is 1. The number of likely N-dealkylation sites (N-methyl/N-ethyl adjacent to an activating group) is 1. The Labute approximate surface area is 195 Å². The molecule has 0 radical (unpaired) electrons. The summed E-state index contributed by atoms with van der Waals surface area (Å²) in [6.07, 6.45) is 0. The monoisotopic (exact) mass is 442 g/mol. The van der Waals surface area contributed by atoms with E-state index in [0.717, 1.165) is 44.0 Å². The molecular weight excluding hydrogens is 412 g/mol. The molecule has 0 saturated carbocycles. The Balaban J connectivity index is 1.45. The first kappa shape index (κ1) is 22.6. The molecule has 3 aromatic rings. The standard InChI is InChI=1S/C27H30N4O2/c1-3-30-15-17-31(18-16-30)25-14-13-22(19-20(25)2)28-27(33)23-11-7-8-12-24(23)29-26(32)21-9-5-4-6-10-21/h4-14,19H,3,15-18H2,1-2H3,(H,28,33)(H,29,32). The van der Waals surface area contributed by atoms with Gasteiger partial charge in [-0.05, 0) is 61.5 Å². The van der Waals surface area contributed by atoms with E-state index in [1.165, 1.54) is 5.69 Å². The van der Waals surface area contributed by atoms with Crippen molar-refractivity contribution in [2.75, 3.05) is 48.3 Å². The Hall–Kier alpha value is -3.64. The quantitative estimate of drug-likeness (QED) is 0.584. The summed E-state index contributed by atoms with van der Waals surface area (Å²) in [5.41, 5.74) is 4.50. The third-order valence-electron chi connectivity index (χ3n) is 6.07. The number of carbonyl (C=O) groups excluding carboxylic acids is 2. The minimum atomic E-state index is -0.261. The summed E-state index contributed by atoms with van der Waals surface area (Å²) < 4.78 is 0. The second kappa shape index (κ2) is 10.3. The molecule has 0 aliphatic carbocycles. The van der Waals surface area contributed by atoms with Gasteiger partial charge in [0.05, 0.1) is 11.3 Å². The van der Waals surface area contributed by atoms with Crippen LogP contribution in [0.25, 0.3) is 0 Å². The highest BCUT2D eigenvalue weighted by molar-refractivity contribution is 6.12. The second-order valence-corrected chi connectivity index (χ2v) is 8.24. The predicted octanol–water partition coefficient (Wildman–Crippen LogP) is 4.64. The first-order chi connectivity index (χ1) is 16.0. The third kappa shape index (κ3) is 5.41. The normalized spacial score (nSPS) is 14.1. The van der Waals surface area contributed by atoms with Crippen LogP contribution in [0.15, 0.2) is 72.8 Å². The van der Waals surface area contributed by atoms with Crippen LogP contribution < -0.4 is 15.5 Å². The van der Waals surface area contributed by atoms with Crippen LogP contribution in [0.4, 0.5) is 17.1 Å². The van der Waals surface area contributed by atoms with Gasteiger partial charge in [0, 0.05) is 43.1 Å². The number of aryl methyl sites for hydroxylation is 1. The molecule has 2 N–H and O–H groups in total. The molecule has 1 aliphatic heterocycles. The van der Waals surface area contributed by atoms with E-state index in [4.69, 9.17) is 0 Å². The molecule has 1 aliphatic rings. The van der Waals surface area contributed by atoms with Crippen molar-refractivity contribution in [2.45, 2.75) is 13.8 Å². The van der Waals surface area contributed by atoms with Crippen molar-refractivity contribution in [2.24, 2.45) is 0 Å². The highest BCUT2D eigenvalue weighted by atomic mass is 16.2. The highest BCUT2D eigenvalue weighted by Gasteiger charge is 2.18. The fourth-order valence-electron chi connectivity index (χ4n) is 4.17. The Morgan fingerprint density at radius 1 is 0.818 bits per heavy atom. The fourth-order valence-corrected chi connectivity index (χ4v) is 4.17. The SMILES string of the molecule is CCN1CCN(c2ccc(NC(=O)c3ccccc3NC(=O)c3ccccc3)cc2C)CC1. The van der Waals surface area contributed by atoms with Crippen molar-refractivity contribution >= 4 is 28.9 Å². The summed E-state index contributed by atoms with van der Waals surface area (Å²) in [7, 11) is 0. The summed E-state index contributed by atoms with van der Waals surface area (Å²) in [6, 6.07) is 22.0. The minimum absolute atomic E-state index is 0.251. The molecule has 3 aromatic carbocycles. The molecule has 0 spiro atoms. The van der Waals surface area contributed by atoms with Crippen LogP contribution in [0.3, 0.4) is 0 Å². The number of nitrogens with zero attached hydrogens (tertiary/aromatic N) is 2. The van der Waals surface area contributed by atoms with E-state index in [9.17, 15) is 9.59 Å². The molecule has 2 amide bonds. The minimum Gasteiger partial charge on any atom is -0.369 e. The predicted molar refractivity (Wildman–Crippen MR) is 134 cm³/mol.